The standard InChI is InChI=1S/C19H23N3OS.C10H13N3OS.C9H10O.C2H5I.2C2H6.2CH3.5HI.2V/c1-13-6-3-4-7-15(13)14(2)20-9-5-10-21-18-12-17(23)19-16(22-18)8-11-24-19;11-3-1-4-12-9-6-8(14)10-7(13-9)2-5-15-10;1-7-5-3-4-6-9(7)8(2)10;1-2-3;2*1-2;;;;;;;;;/h3-4,6-8,11-12,14,20H,5,9-10H2,1-2H3,(H2,21,22,23);2,5-6H,1,3-4,11H2,(H2,12,13,14);3-6H,1-2H3;2H2,1H3;2*1-2H3;2*1H3;5*1H;;/q;;;;;;2*-1;;;;;;+2;+3/p-5. The first-order valence-electron chi connectivity index (χ1n) is 20.2. The van der Waals surface area contributed by atoms with Crippen LogP contribution in [0.25, 0.3) is 20.4 Å². The Hall–Kier alpha value is 0.999. The number of ketones is 1. The molecule has 4 heterocycles. The van der Waals surface area contributed by atoms with Gasteiger partial charge in [0.05, 0.1) is 20.4 Å². The minimum absolute atomic E-state index is 0. The zero-order valence-electron chi connectivity index (χ0n) is 39.4. The number of pyridine rings is 2. The van der Waals surface area contributed by atoms with Crippen molar-refractivity contribution >= 4 is 183 Å². The van der Waals surface area contributed by atoms with Gasteiger partial charge in [0.25, 0.3) is 0 Å². The van der Waals surface area contributed by atoms with Gasteiger partial charge in [-0.1, -0.05) is 106 Å². The van der Waals surface area contributed by atoms with Crippen LogP contribution in [0.3, 0.4) is 0 Å². The quantitative estimate of drug-likeness (QED) is 0.0235. The van der Waals surface area contributed by atoms with Crippen molar-refractivity contribution in [3.05, 3.63) is 141 Å². The van der Waals surface area contributed by atoms with E-state index in [4.69, 9.17) is 5.73 Å². The molecule has 0 aliphatic rings. The molecule has 0 bridgehead atoms. The molecule has 19 heteroatoms. The van der Waals surface area contributed by atoms with Crippen LogP contribution < -0.4 is 32.5 Å². The molecule has 0 spiro atoms. The molecule has 2 aromatic carbocycles. The molecular formula is C46H69I6N6O3S2V2-2. The number of carbonyl (C=O) groups is 1. The van der Waals surface area contributed by atoms with Crippen LogP contribution >= 0.6 is 145 Å². The summed E-state index contributed by atoms with van der Waals surface area (Å²) in [5, 5.41) is 13.8. The molecule has 367 valence electrons. The predicted molar refractivity (Wildman–Crippen MR) is 339 cm³/mol. The molecule has 0 saturated heterocycles. The van der Waals surface area contributed by atoms with E-state index in [1.165, 1.54) is 38.2 Å². The summed E-state index contributed by atoms with van der Waals surface area (Å²) in [6, 6.07) is 23.5. The Kier molecular flexibility index (Phi) is 52.8. The summed E-state index contributed by atoms with van der Waals surface area (Å²) < 4.78 is 2.78. The number of rotatable bonds is 12. The Morgan fingerprint density at radius 2 is 1.15 bits per heavy atom. The monoisotopic (exact) mass is 1680 g/mol. The van der Waals surface area contributed by atoms with Gasteiger partial charge < -0.3 is 46.5 Å². The summed E-state index contributed by atoms with van der Waals surface area (Å²) in [5.74, 6) is 1.69. The molecule has 6 aromatic rings. The molecule has 4 aromatic heterocycles. The summed E-state index contributed by atoms with van der Waals surface area (Å²) in [7, 11) is 0.628. The first-order chi connectivity index (χ1) is 30.2. The van der Waals surface area contributed by atoms with E-state index in [2.05, 4.69) is 193 Å². The van der Waals surface area contributed by atoms with Gasteiger partial charge in [-0.25, -0.2) is 0 Å². The third kappa shape index (κ3) is 33.3. The molecule has 1 unspecified atom stereocenters. The van der Waals surface area contributed by atoms with Crippen molar-refractivity contribution in [1.29, 1.82) is 0 Å². The fraction of sp³-hybridized carbons (Fsp3) is 0.370. The molecule has 1 atom stereocenters. The van der Waals surface area contributed by atoms with Crippen LogP contribution in [0.4, 0.5) is 11.6 Å². The number of aromatic amines is 2. The molecular weight excluding hydrogens is 1610 g/mol. The average Bonchev–Trinajstić information content (AvgIpc) is 3.95. The number of nitrogens with one attached hydrogen (secondary N) is 5. The van der Waals surface area contributed by atoms with Gasteiger partial charge in [-0.3, -0.25) is 14.4 Å². The summed E-state index contributed by atoms with van der Waals surface area (Å²) >= 11 is 17.3. The Morgan fingerprint density at radius 3 is 1.54 bits per heavy atom. The topological polar surface area (TPSA) is 145 Å². The fourth-order valence-corrected chi connectivity index (χ4v) is 6.77. The fourth-order valence-electron chi connectivity index (χ4n) is 5.25. The number of carbonyl (C=O) groups excluding carboxylic acids is 1. The van der Waals surface area contributed by atoms with Gasteiger partial charge in [0.15, 0.2) is 5.78 Å². The van der Waals surface area contributed by atoms with Crippen LogP contribution in [-0.2, 0) is 14.4 Å². The van der Waals surface area contributed by atoms with E-state index in [9.17, 15) is 14.4 Å². The Morgan fingerprint density at radius 1 is 0.754 bits per heavy atom. The number of Topliss-reactive ketones (excluding diaryl/α,β-unsaturated/α-hetero) is 1. The molecule has 0 radical (unpaired) electrons. The van der Waals surface area contributed by atoms with Gasteiger partial charge in [0, 0.05) is 36.8 Å². The van der Waals surface area contributed by atoms with E-state index in [0.29, 0.717) is 22.1 Å². The number of nitrogens with two attached hydrogens (primary N) is 1. The number of alkyl halides is 1. The van der Waals surface area contributed by atoms with E-state index in [1.54, 1.807) is 19.1 Å². The summed E-state index contributed by atoms with van der Waals surface area (Å²) in [6.07, 6.45) is 1.88. The molecule has 7 N–H and O–H groups in total. The molecule has 0 fully saturated rings. The average molecular weight is 1680 g/mol. The number of hydrogen-bond acceptors (Lipinski definition) is 9. The number of hydrogen-bond donors (Lipinski definition) is 6. The van der Waals surface area contributed by atoms with Crippen LogP contribution in [0.5, 0.6) is 0 Å². The van der Waals surface area contributed by atoms with Gasteiger partial charge in [-0.15, -0.1) is 22.7 Å². The molecule has 6 rings (SSSR count). The number of aryl methyl sites for hydroxylation is 2. The SMILES string of the molecule is CC.CC.CC(=O)c1ccccc1C.CCI.Cc1ccccc1C(C)NCCCNc1cc(=O)c2sccc2[nH]1.NCCCNc1cc(=O)c2sccc2[nH]1.[CH3-].[CH3-].[I][V]([I])[I].[I][V][I]. The zero-order valence-corrected chi connectivity index (χ0v) is 56.8. The second kappa shape index (κ2) is 47.3. The van der Waals surface area contributed by atoms with Crippen LogP contribution in [0.15, 0.2) is 93.1 Å². The van der Waals surface area contributed by atoms with E-state index in [0.717, 1.165) is 75.7 Å². The number of anilines is 2. The minimum atomic E-state index is -0.278. The third-order valence-electron chi connectivity index (χ3n) is 7.86. The summed E-state index contributed by atoms with van der Waals surface area (Å²) in [6.45, 7) is 21.1. The molecule has 9 nitrogen and oxygen atoms in total. The Bertz CT molecular complexity index is 2190. The molecule has 0 amide bonds. The van der Waals surface area contributed by atoms with Crippen molar-refractivity contribution in [3.63, 3.8) is 0 Å². The predicted octanol–water partition coefficient (Wildman–Crippen LogP) is 16.4. The number of H-pyrrole nitrogens is 2. The van der Waals surface area contributed by atoms with Crippen molar-refractivity contribution in [2.24, 2.45) is 5.73 Å². The molecule has 0 aliphatic carbocycles. The number of halogens is 6. The zero-order chi connectivity index (χ0) is 48.2. The van der Waals surface area contributed by atoms with Crippen LogP contribution in [0.1, 0.15) is 94.4 Å². The van der Waals surface area contributed by atoms with Crippen LogP contribution in [-0.4, -0.2) is 46.4 Å². The molecule has 65 heavy (non-hydrogen) atoms. The van der Waals surface area contributed by atoms with Crippen molar-refractivity contribution in [2.75, 3.05) is 41.2 Å². The number of benzene rings is 2. The van der Waals surface area contributed by atoms with Gasteiger partial charge >= 0.3 is 114 Å². The number of aromatic nitrogens is 2. The molecule has 0 aliphatic heterocycles. The number of fused-ring (bicyclic) bond motifs is 2. The van der Waals surface area contributed by atoms with E-state index in [1.807, 2.05) is 81.8 Å². The summed E-state index contributed by atoms with van der Waals surface area (Å²) in [4.78, 5) is 40.6. The van der Waals surface area contributed by atoms with Crippen molar-refractivity contribution in [2.45, 2.75) is 81.2 Å². The normalized spacial score (nSPS) is 9.74. The van der Waals surface area contributed by atoms with Gasteiger partial charge in [0.2, 0.25) is 10.9 Å². The second-order valence-corrected chi connectivity index (χ2v) is 62.7. The van der Waals surface area contributed by atoms with Crippen molar-refractivity contribution in [3.8, 4) is 0 Å². The van der Waals surface area contributed by atoms with Gasteiger partial charge in [0.1, 0.15) is 11.6 Å². The Balaban J connectivity index is -0.000000391. The number of thiophene rings is 2. The van der Waals surface area contributed by atoms with Gasteiger partial charge in [-0.2, -0.15) is 0 Å². The Labute approximate surface area is 479 Å². The van der Waals surface area contributed by atoms with Crippen molar-refractivity contribution in [1.82, 2.24) is 15.3 Å². The van der Waals surface area contributed by atoms with Crippen molar-refractivity contribution < 1.29 is 19.2 Å². The maximum absolute atomic E-state index is 12.0. The first-order valence-corrected chi connectivity index (χ1v) is 46.1. The first kappa shape index (κ1) is 72.5. The van der Waals surface area contributed by atoms with Gasteiger partial charge in [-0.05, 0) is 97.6 Å². The van der Waals surface area contributed by atoms with Crippen LogP contribution in [0, 0.1) is 28.7 Å². The summed E-state index contributed by atoms with van der Waals surface area (Å²) in [5.41, 5.74) is 11.9. The van der Waals surface area contributed by atoms with E-state index >= 15 is 0 Å². The molecule has 0 saturated carbocycles. The van der Waals surface area contributed by atoms with E-state index in [-0.39, 0.29) is 36.4 Å². The maximum atomic E-state index is 12.0. The van der Waals surface area contributed by atoms with Crippen LogP contribution in [0.2, 0.25) is 0 Å². The second-order valence-electron chi connectivity index (χ2n) is 12.2. The van der Waals surface area contributed by atoms with E-state index < -0.39 is 0 Å². The third-order valence-corrected chi connectivity index (χ3v) is 9.72.